The van der Waals surface area contributed by atoms with E-state index >= 15 is 0 Å². The van der Waals surface area contributed by atoms with Gasteiger partial charge in [0.15, 0.2) is 0 Å². The monoisotopic (exact) mass is 229 g/mol. The fourth-order valence-electron chi connectivity index (χ4n) is 1.19. The van der Waals surface area contributed by atoms with E-state index in [1.54, 1.807) is 12.1 Å². The average molecular weight is 229 g/mol. The van der Waals surface area contributed by atoms with Crippen LogP contribution in [0.3, 0.4) is 0 Å². The first-order valence-electron chi connectivity index (χ1n) is 3.86. The second-order valence-corrected chi connectivity index (χ2v) is 2.69. The minimum absolute atomic E-state index is 0. The van der Waals surface area contributed by atoms with E-state index in [1.807, 2.05) is 18.2 Å². The number of aromatic nitrogens is 1. The Morgan fingerprint density at radius 1 is 1.14 bits per heavy atom. The molecule has 3 nitrogen and oxygen atoms in total. The van der Waals surface area contributed by atoms with E-state index in [0.29, 0.717) is 5.52 Å². The van der Waals surface area contributed by atoms with E-state index in [1.165, 1.54) is 6.07 Å². The second kappa shape index (κ2) is 4.22. The van der Waals surface area contributed by atoms with Gasteiger partial charge in [-0.3, -0.25) is 0 Å². The van der Waals surface area contributed by atoms with Crippen LogP contribution in [0.2, 0.25) is 0 Å². The van der Waals surface area contributed by atoms with Crippen molar-refractivity contribution in [3.05, 3.63) is 42.1 Å². The summed E-state index contributed by atoms with van der Waals surface area (Å²) in [5.41, 5.74) is 0.793. The first kappa shape index (κ1) is 10.7. The zero-order valence-electron chi connectivity index (χ0n) is 7.12. The first-order chi connectivity index (χ1) is 6.27. The number of carbonyl (C=O) groups is 1. The average Bonchev–Trinajstić information content (AvgIpc) is 2.17. The molecule has 0 amide bonds. The quantitative estimate of drug-likeness (QED) is 0.760. The Morgan fingerprint density at radius 3 is 2.57 bits per heavy atom. The number of nitrogens with zero attached hydrogens (tertiary/aromatic N) is 1. The van der Waals surface area contributed by atoms with Gasteiger partial charge >= 0.3 is 5.97 Å². The third kappa shape index (κ3) is 1.92. The number of carboxylic acids is 1. The van der Waals surface area contributed by atoms with Crippen LogP contribution in [0.4, 0.5) is 0 Å². The summed E-state index contributed by atoms with van der Waals surface area (Å²) in [7, 11) is 0. The predicted molar refractivity (Wildman–Crippen MR) is 48.7 cm³/mol. The fraction of sp³-hybridized carbons (Fsp3) is 0. The van der Waals surface area contributed by atoms with Gasteiger partial charge in [0.25, 0.3) is 0 Å². The molecule has 4 heteroatoms. The first-order valence-corrected chi connectivity index (χ1v) is 3.86. The Kier molecular flexibility index (Phi) is 3.23. The second-order valence-electron chi connectivity index (χ2n) is 2.69. The zero-order valence-corrected chi connectivity index (χ0v) is 8.22. The fourth-order valence-corrected chi connectivity index (χ4v) is 1.19. The molecule has 0 saturated heterocycles. The maximum atomic E-state index is 10.6. The van der Waals surface area contributed by atoms with Crippen molar-refractivity contribution in [2.24, 2.45) is 0 Å². The molecule has 1 aromatic heterocycles. The molecule has 1 heterocycles. The standard InChI is InChI=1S/C10H7NO2.Fe/c12-10(13)9-6-5-7-3-1-2-4-8(7)11-9;/h1-6H,(H,12,13);. The van der Waals surface area contributed by atoms with E-state index in [-0.39, 0.29) is 22.8 Å². The predicted octanol–water partition coefficient (Wildman–Crippen LogP) is 1.93. The third-order valence-electron chi connectivity index (χ3n) is 1.82. The largest absolute Gasteiger partial charge is 0.477 e. The summed E-state index contributed by atoms with van der Waals surface area (Å²) >= 11 is 0. The Hall–Kier alpha value is -1.38. The SMILES string of the molecule is O=C(O)c1ccc2ccccc2n1.[Fe]. The van der Waals surface area contributed by atoms with Crippen LogP contribution in [0.1, 0.15) is 10.5 Å². The molecule has 0 bridgehead atoms. The van der Waals surface area contributed by atoms with Crippen molar-refractivity contribution >= 4 is 16.9 Å². The number of rotatable bonds is 1. The van der Waals surface area contributed by atoms with Crippen molar-refractivity contribution in [2.45, 2.75) is 0 Å². The van der Waals surface area contributed by atoms with Crippen molar-refractivity contribution in [1.82, 2.24) is 4.98 Å². The van der Waals surface area contributed by atoms with Crippen molar-refractivity contribution in [2.75, 3.05) is 0 Å². The van der Waals surface area contributed by atoms with Gasteiger partial charge in [-0.1, -0.05) is 24.3 Å². The van der Waals surface area contributed by atoms with Gasteiger partial charge in [-0.25, -0.2) is 9.78 Å². The van der Waals surface area contributed by atoms with Gasteiger partial charge in [0.1, 0.15) is 5.69 Å². The molecule has 2 rings (SSSR count). The van der Waals surface area contributed by atoms with Crippen LogP contribution in [-0.2, 0) is 17.1 Å². The van der Waals surface area contributed by atoms with E-state index in [0.717, 1.165) is 5.39 Å². The molecule has 0 aliphatic heterocycles. The molecular weight excluding hydrogens is 222 g/mol. The summed E-state index contributed by atoms with van der Waals surface area (Å²) in [6.07, 6.45) is 0. The van der Waals surface area contributed by atoms with Crippen LogP contribution in [0, 0.1) is 0 Å². The topological polar surface area (TPSA) is 50.2 Å². The van der Waals surface area contributed by atoms with Gasteiger partial charge in [0, 0.05) is 22.5 Å². The van der Waals surface area contributed by atoms with E-state index in [2.05, 4.69) is 4.98 Å². The number of hydrogen-bond acceptors (Lipinski definition) is 2. The van der Waals surface area contributed by atoms with Crippen LogP contribution in [-0.4, -0.2) is 16.1 Å². The maximum Gasteiger partial charge on any atom is 0.354 e. The molecule has 2 aromatic rings. The summed E-state index contributed by atoms with van der Waals surface area (Å²) in [5, 5.41) is 9.63. The molecule has 0 atom stereocenters. The Balaban J connectivity index is 0.000000980. The van der Waals surface area contributed by atoms with Crippen molar-refractivity contribution in [3.8, 4) is 0 Å². The molecule has 0 fully saturated rings. The third-order valence-corrected chi connectivity index (χ3v) is 1.82. The summed E-state index contributed by atoms with van der Waals surface area (Å²) < 4.78 is 0. The summed E-state index contributed by atoms with van der Waals surface area (Å²) in [6.45, 7) is 0. The number of fused-ring (bicyclic) bond motifs is 1. The summed E-state index contributed by atoms with van der Waals surface area (Å²) in [5.74, 6) is -0.995. The molecule has 1 aromatic carbocycles. The van der Waals surface area contributed by atoms with Crippen LogP contribution in [0.25, 0.3) is 10.9 Å². The summed E-state index contributed by atoms with van der Waals surface area (Å²) in [6, 6.07) is 10.7. The maximum absolute atomic E-state index is 10.6. The molecule has 0 saturated carbocycles. The van der Waals surface area contributed by atoms with Crippen LogP contribution >= 0.6 is 0 Å². The smallest absolute Gasteiger partial charge is 0.354 e. The van der Waals surface area contributed by atoms with Crippen LogP contribution < -0.4 is 0 Å². The van der Waals surface area contributed by atoms with Crippen molar-refractivity contribution < 1.29 is 27.0 Å². The number of carboxylic acid groups (broad SMARTS) is 1. The Labute approximate surface area is 91.2 Å². The Morgan fingerprint density at radius 2 is 1.86 bits per heavy atom. The normalized spacial score (nSPS) is 9.43. The molecule has 0 aliphatic rings. The van der Waals surface area contributed by atoms with E-state index in [9.17, 15) is 4.79 Å². The minimum Gasteiger partial charge on any atom is -0.477 e. The number of benzene rings is 1. The molecule has 14 heavy (non-hydrogen) atoms. The van der Waals surface area contributed by atoms with Gasteiger partial charge in [-0.15, -0.1) is 0 Å². The van der Waals surface area contributed by atoms with Gasteiger partial charge in [0.2, 0.25) is 0 Å². The van der Waals surface area contributed by atoms with E-state index < -0.39 is 5.97 Å². The molecule has 0 radical (unpaired) electrons. The minimum atomic E-state index is -0.995. The van der Waals surface area contributed by atoms with Crippen molar-refractivity contribution in [3.63, 3.8) is 0 Å². The Bertz CT molecular complexity index is 470. The van der Waals surface area contributed by atoms with Crippen molar-refractivity contribution in [1.29, 1.82) is 0 Å². The van der Waals surface area contributed by atoms with Gasteiger partial charge in [-0.2, -0.15) is 0 Å². The van der Waals surface area contributed by atoms with Gasteiger partial charge in [0.05, 0.1) is 5.52 Å². The van der Waals surface area contributed by atoms with Crippen LogP contribution in [0.5, 0.6) is 0 Å². The number of hydrogen-bond donors (Lipinski definition) is 1. The molecule has 0 spiro atoms. The number of aromatic carboxylic acids is 1. The van der Waals surface area contributed by atoms with Gasteiger partial charge < -0.3 is 5.11 Å². The zero-order chi connectivity index (χ0) is 9.26. The molecule has 1 N–H and O–H groups in total. The molecular formula is C10H7FeNO2. The van der Waals surface area contributed by atoms with Gasteiger partial charge in [-0.05, 0) is 12.1 Å². The van der Waals surface area contributed by atoms with E-state index in [4.69, 9.17) is 5.11 Å². The molecule has 0 unspecified atom stereocenters. The molecule has 72 valence electrons. The number of pyridine rings is 1. The summed E-state index contributed by atoms with van der Waals surface area (Å²) in [4.78, 5) is 14.6. The van der Waals surface area contributed by atoms with Crippen LogP contribution in [0.15, 0.2) is 36.4 Å². The molecule has 0 aliphatic carbocycles. The number of para-hydroxylation sites is 1.